The molecule has 70 heavy (non-hydrogen) atoms. The molecule has 6 heteroatoms. The number of carbonyl (C=O) groups is 2. The number of aliphatic hydroxyl groups excluding tert-OH is 2. The van der Waals surface area contributed by atoms with Crippen LogP contribution in [0.15, 0.2) is 12.2 Å². The van der Waals surface area contributed by atoms with E-state index in [9.17, 15) is 19.8 Å². The number of nitrogens with one attached hydrogen (secondary N) is 1. The van der Waals surface area contributed by atoms with E-state index < -0.39 is 12.1 Å². The topological polar surface area (TPSA) is 95.9 Å². The largest absolute Gasteiger partial charge is 0.466 e. The molecule has 2 atom stereocenters. The van der Waals surface area contributed by atoms with E-state index in [-0.39, 0.29) is 18.5 Å². The van der Waals surface area contributed by atoms with Gasteiger partial charge in [0.25, 0.3) is 0 Å². The summed E-state index contributed by atoms with van der Waals surface area (Å²) in [4.78, 5) is 24.5. The minimum Gasteiger partial charge on any atom is -0.466 e. The van der Waals surface area contributed by atoms with E-state index in [1.165, 1.54) is 289 Å². The third-order valence-electron chi connectivity index (χ3n) is 15.1. The minimum absolute atomic E-state index is 0.00785. The van der Waals surface area contributed by atoms with Crippen LogP contribution in [0.4, 0.5) is 0 Å². The maximum absolute atomic E-state index is 12.5. The van der Waals surface area contributed by atoms with Crippen molar-refractivity contribution >= 4 is 11.9 Å². The zero-order chi connectivity index (χ0) is 50.7. The van der Waals surface area contributed by atoms with Gasteiger partial charge in [0.15, 0.2) is 0 Å². The first-order valence-electron chi connectivity index (χ1n) is 31.9. The normalized spacial score (nSPS) is 12.6. The van der Waals surface area contributed by atoms with Crippen molar-refractivity contribution < 1.29 is 24.5 Å². The summed E-state index contributed by atoms with van der Waals surface area (Å²) in [7, 11) is 0. The van der Waals surface area contributed by atoms with Crippen molar-refractivity contribution in [1.29, 1.82) is 0 Å². The van der Waals surface area contributed by atoms with Crippen molar-refractivity contribution in [2.24, 2.45) is 0 Å². The lowest BCUT2D eigenvalue weighted by atomic mass is 10.0. The van der Waals surface area contributed by atoms with Crippen LogP contribution in [-0.4, -0.2) is 47.4 Å². The van der Waals surface area contributed by atoms with Gasteiger partial charge in [-0.15, -0.1) is 0 Å². The molecule has 0 saturated carbocycles. The number of hydrogen-bond donors (Lipinski definition) is 3. The second-order valence-corrected chi connectivity index (χ2v) is 22.1. The van der Waals surface area contributed by atoms with Gasteiger partial charge in [-0.2, -0.15) is 0 Å². The van der Waals surface area contributed by atoms with E-state index in [0.29, 0.717) is 25.9 Å². The Morgan fingerprint density at radius 2 is 0.671 bits per heavy atom. The van der Waals surface area contributed by atoms with Crippen molar-refractivity contribution in [1.82, 2.24) is 5.32 Å². The molecular weight excluding hydrogens is 863 g/mol. The first-order chi connectivity index (χ1) is 34.5. The zero-order valence-corrected chi connectivity index (χ0v) is 47.5. The highest BCUT2D eigenvalue weighted by Gasteiger charge is 2.20. The van der Waals surface area contributed by atoms with Gasteiger partial charge in [0, 0.05) is 12.8 Å². The monoisotopic (exact) mass is 988 g/mol. The lowest BCUT2D eigenvalue weighted by Crippen LogP contribution is -2.45. The van der Waals surface area contributed by atoms with E-state index >= 15 is 0 Å². The number of rotatable bonds is 60. The van der Waals surface area contributed by atoms with Gasteiger partial charge >= 0.3 is 5.97 Å². The third-order valence-corrected chi connectivity index (χ3v) is 15.1. The van der Waals surface area contributed by atoms with Crippen LogP contribution in [0, 0.1) is 0 Å². The number of ether oxygens (including phenoxy) is 1. The second-order valence-electron chi connectivity index (χ2n) is 22.1. The van der Waals surface area contributed by atoms with Gasteiger partial charge in [0.1, 0.15) is 0 Å². The van der Waals surface area contributed by atoms with Gasteiger partial charge in [-0.1, -0.05) is 309 Å². The predicted molar refractivity (Wildman–Crippen MR) is 306 cm³/mol. The lowest BCUT2D eigenvalue weighted by molar-refractivity contribution is -0.143. The number of allylic oxidation sites excluding steroid dienone is 2. The molecule has 0 rings (SSSR count). The molecule has 3 N–H and O–H groups in total. The van der Waals surface area contributed by atoms with Crippen LogP contribution in [0.5, 0.6) is 0 Å². The third kappa shape index (κ3) is 55.9. The molecule has 0 aliphatic carbocycles. The molecular formula is C64H125NO5. The first-order valence-corrected chi connectivity index (χ1v) is 31.9. The highest BCUT2D eigenvalue weighted by molar-refractivity contribution is 5.76. The van der Waals surface area contributed by atoms with Gasteiger partial charge in [0.05, 0.1) is 25.4 Å². The average molecular weight is 989 g/mol. The van der Waals surface area contributed by atoms with Crippen molar-refractivity contribution in [2.75, 3.05) is 13.2 Å². The summed E-state index contributed by atoms with van der Waals surface area (Å²) in [6.07, 6.45) is 72.2. The summed E-state index contributed by atoms with van der Waals surface area (Å²) in [5, 5.41) is 23.4. The molecule has 1 amide bonds. The van der Waals surface area contributed by atoms with Crippen LogP contribution in [0.25, 0.3) is 0 Å². The van der Waals surface area contributed by atoms with Crippen LogP contribution < -0.4 is 5.32 Å². The fourth-order valence-corrected chi connectivity index (χ4v) is 10.2. The molecule has 0 fully saturated rings. The summed E-state index contributed by atoms with van der Waals surface area (Å²) in [6, 6.07) is -0.548. The van der Waals surface area contributed by atoms with E-state index in [0.717, 1.165) is 38.5 Å². The minimum atomic E-state index is -0.670. The van der Waals surface area contributed by atoms with E-state index in [4.69, 9.17) is 4.74 Å². The Bertz CT molecular complexity index is 1050. The van der Waals surface area contributed by atoms with E-state index in [1.54, 1.807) is 0 Å². The smallest absolute Gasteiger partial charge is 0.305 e. The fourth-order valence-electron chi connectivity index (χ4n) is 10.2. The molecule has 0 saturated heterocycles. The summed E-state index contributed by atoms with van der Waals surface area (Å²) in [5.41, 5.74) is 0. The van der Waals surface area contributed by atoms with Gasteiger partial charge in [-0.25, -0.2) is 0 Å². The number of amides is 1. The molecule has 0 aliphatic heterocycles. The average Bonchev–Trinajstić information content (AvgIpc) is 3.36. The number of hydrogen-bond acceptors (Lipinski definition) is 5. The van der Waals surface area contributed by atoms with Crippen LogP contribution in [0.1, 0.15) is 361 Å². The molecule has 0 aliphatic rings. The summed E-state index contributed by atoms with van der Waals surface area (Å²) in [5.74, 6) is -0.0317. The Balaban J connectivity index is 3.43. The van der Waals surface area contributed by atoms with Crippen LogP contribution >= 0.6 is 0 Å². The highest BCUT2D eigenvalue weighted by atomic mass is 16.5. The van der Waals surface area contributed by atoms with Crippen molar-refractivity contribution in [3.63, 3.8) is 0 Å². The van der Waals surface area contributed by atoms with Crippen molar-refractivity contribution in [2.45, 2.75) is 373 Å². The van der Waals surface area contributed by atoms with Gasteiger partial charge in [-0.05, 0) is 51.4 Å². The molecule has 2 unspecified atom stereocenters. The van der Waals surface area contributed by atoms with Gasteiger partial charge in [-0.3, -0.25) is 9.59 Å². The zero-order valence-electron chi connectivity index (χ0n) is 47.5. The Morgan fingerprint density at radius 3 is 1.01 bits per heavy atom. The van der Waals surface area contributed by atoms with Crippen LogP contribution in [0.2, 0.25) is 0 Å². The molecule has 0 heterocycles. The Kier molecular flexibility index (Phi) is 59.0. The lowest BCUT2D eigenvalue weighted by Gasteiger charge is -2.22. The van der Waals surface area contributed by atoms with E-state index in [2.05, 4.69) is 31.3 Å². The summed E-state index contributed by atoms with van der Waals surface area (Å²) < 4.78 is 5.47. The molecule has 6 nitrogen and oxygen atoms in total. The van der Waals surface area contributed by atoms with Gasteiger partial charge in [0.2, 0.25) is 5.91 Å². The SMILES string of the molecule is CCCCCCCCCCCCCCCCCCCCCCCC(O)C(CO)NC(=O)CCCCCCCCC/C=C\CCCCCCCCCCCOC(=O)CCCCCCCCCCCCCC. The molecule has 0 bridgehead atoms. The molecule has 0 aromatic carbocycles. The second kappa shape index (κ2) is 60.2. The number of esters is 1. The van der Waals surface area contributed by atoms with Crippen LogP contribution in [-0.2, 0) is 14.3 Å². The van der Waals surface area contributed by atoms with Crippen LogP contribution in [0.3, 0.4) is 0 Å². The molecule has 0 radical (unpaired) electrons. The predicted octanol–water partition coefficient (Wildman–Crippen LogP) is 20.0. The number of aliphatic hydroxyl groups is 2. The first kappa shape index (κ1) is 68.6. The summed E-state index contributed by atoms with van der Waals surface area (Å²) >= 11 is 0. The number of unbranched alkanes of at least 4 members (excludes halogenated alkanes) is 47. The molecule has 0 spiro atoms. The molecule has 416 valence electrons. The Morgan fingerprint density at radius 1 is 0.386 bits per heavy atom. The quantitative estimate of drug-likeness (QED) is 0.0321. The molecule has 0 aromatic rings. The fraction of sp³-hybridized carbons (Fsp3) is 0.938. The maximum Gasteiger partial charge on any atom is 0.305 e. The Labute approximate surface area is 438 Å². The molecule has 0 aromatic heterocycles. The van der Waals surface area contributed by atoms with Crippen molar-refractivity contribution in [3.8, 4) is 0 Å². The number of carbonyl (C=O) groups excluding carboxylic acids is 2. The summed E-state index contributed by atoms with van der Waals surface area (Å²) in [6.45, 7) is 4.97. The highest BCUT2D eigenvalue weighted by Crippen LogP contribution is 2.18. The van der Waals surface area contributed by atoms with E-state index in [1.807, 2.05) is 0 Å². The standard InChI is InChI=1S/C64H125NO5/c1-3-5-7-9-11-13-15-17-18-19-20-21-24-27-30-33-36-40-44-48-52-56-62(67)61(60-66)65-63(68)57-53-49-45-41-37-34-31-28-25-22-23-26-29-32-35-39-43-47-51-55-59-70-64(69)58-54-50-46-42-38-16-14-12-10-8-6-4-2/h22,25,61-62,66-67H,3-21,23-24,26-60H2,1-2H3,(H,65,68)/b25-22-. The van der Waals surface area contributed by atoms with Gasteiger partial charge < -0.3 is 20.3 Å². The Hall–Kier alpha value is -1.40. The van der Waals surface area contributed by atoms with Crippen molar-refractivity contribution in [3.05, 3.63) is 12.2 Å². The maximum atomic E-state index is 12.5.